The van der Waals surface area contributed by atoms with Crippen molar-refractivity contribution in [1.29, 1.82) is 0 Å². The van der Waals surface area contributed by atoms with Crippen molar-refractivity contribution in [2.45, 2.75) is 26.1 Å². The number of halogens is 3. The van der Waals surface area contributed by atoms with Crippen LogP contribution >= 0.6 is 39.7 Å². The van der Waals surface area contributed by atoms with Gasteiger partial charge in [-0.25, -0.2) is 9.18 Å². The lowest BCUT2D eigenvalue weighted by molar-refractivity contribution is -0.149. The first-order valence-electron chi connectivity index (χ1n) is 4.79. The molecule has 0 aliphatic heterocycles. The number of ether oxygens (including phenoxy) is 1. The van der Waals surface area contributed by atoms with E-state index >= 15 is 0 Å². The molecule has 1 unspecified atom stereocenters. The number of nitrogens with two attached hydrogens (primary N) is 1. The van der Waals surface area contributed by atoms with E-state index in [9.17, 15) is 9.18 Å². The van der Waals surface area contributed by atoms with Crippen LogP contribution in [0.5, 0.6) is 0 Å². The second-order valence-electron chi connectivity index (χ2n) is 3.29. The Labute approximate surface area is 118 Å². The summed E-state index contributed by atoms with van der Waals surface area (Å²) in [7, 11) is 0. The molecule has 0 amide bonds. The number of aryl methyl sites for hydroxylation is 1. The number of alkyl halides is 1. The minimum atomic E-state index is -1.81. The Morgan fingerprint density at radius 2 is 2.29 bits per heavy atom. The highest BCUT2D eigenvalue weighted by Gasteiger charge is 2.29. The number of carbonyl (C=O) groups excluding carboxylic acids is 1. The van der Waals surface area contributed by atoms with Crippen LogP contribution in [0.25, 0.3) is 0 Å². The number of esters is 1. The molecule has 0 aliphatic rings. The van der Waals surface area contributed by atoms with Crippen molar-refractivity contribution in [3.8, 4) is 0 Å². The van der Waals surface area contributed by atoms with Gasteiger partial charge in [-0.2, -0.15) is 0 Å². The van der Waals surface area contributed by atoms with Crippen LogP contribution in [0, 0.1) is 6.92 Å². The molecule has 0 aromatic carbocycles. The van der Waals surface area contributed by atoms with E-state index in [0.717, 1.165) is 9.35 Å². The second-order valence-corrected chi connectivity index (χ2v) is 5.69. The Morgan fingerprint density at radius 1 is 1.71 bits per heavy atom. The van der Waals surface area contributed by atoms with E-state index in [-0.39, 0.29) is 19.0 Å². The maximum absolute atomic E-state index is 13.6. The van der Waals surface area contributed by atoms with Crippen molar-refractivity contribution in [2.75, 3.05) is 6.61 Å². The minimum absolute atomic E-state index is 0. The van der Waals surface area contributed by atoms with E-state index in [1.54, 1.807) is 13.0 Å². The summed E-state index contributed by atoms with van der Waals surface area (Å²) in [4.78, 5) is 11.8. The second kappa shape index (κ2) is 7.31. The van der Waals surface area contributed by atoms with E-state index < -0.39 is 18.2 Å². The first-order valence-corrected chi connectivity index (χ1v) is 6.40. The molecular formula is C10H14BrClFNO2S. The van der Waals surface area contributed by atoms with Gasteiger partial charge in [0.1, 0.15) is 0 Å². The fourth-order valence-electron chi connectivity index (χ4n) is 1.16. The molecule has 0 radical (unpaired) electrons. The van der Waals surface area contributed by atoms with Gasteiger partial charge in [0, 0.05) is 4.88 Å². The average molecular weight is 347 g/mol. The summed E-state index contributed by atoms with van der Waals surface area (Å²) in [6.45, 7) is 3.66. The molecule has 3 nitrogen and oxygen atoms in total. The summed E-state index contributed by atoms with van der Waals surface area (Å²) in [6, 6.07) is 0.805. The fourth-order valence-corrected chi connectivity index (χ4v) is 2.75. The topological polar surface area (TPSA) is 52.3 Å². The monoisotopic (exact) mass is 345 g/mol. The number of rotatable bonds is 4. The SMILES string of the molecule is CCOC(=O)C(F)[C@@H](N)c1cc(C)c(Br)s1.Cl. The maximum Gasteiger partial charge on any atom is 0.342 e. The molecule has 1 aromatic rings. The van der Waals surface area contributed by atoms with Gasteiger partial charge in [-0.05, 0) is 41.4 Å². The molecule has 98 valence electrons. The minimum Gasteiger partial charge on any atom is -0.464 e. The third kappa shape index (κ3) is 4.21. The Morgan fingerprint density at radius 3 is 2.71 bits per heavy atom. The molecule has 1 rings (SSSR count). The van der Waals surface area contributed by atoms with Gasteiger partial charge < -0.3 is 10.5 Å². The van der Waals surface area contributed by atoms with Crippen LogP contribution in [0.1, 0.15) is 23.4 Å². The zero-order valence-electron chi connectivity index (χ0n) is 9.41. The first-order chi connectivity index (χ1) is 7.47. The van der Waals surface area contributed by atoms with Crippen LogP contribution in [-0.2, 0) is 9.53 Å². The van der Waals surface area contributed by atoms with Gasteiger partial charge in [0.15, 0.2) is 0 Å². The fraction of sp³-hybridized carbons (Fsp3) is 0.500. The molecule has 1 heterocycles. The third-order valence-corrected chi connectivity index (χ3v) is 4.27. The molecule has 2 atom stereocenters. The van der Waals surface area contributed by atoms with Crippen LogP contribution in [-0.4, -0.2) is 18.7 Å². The Bertz CT molecular complexity index is 369. The molecular weight excluding hydrogens is 333 g/mol. The number of hydrogen-bond donors (Lipinski definition) is 1. The molecule has 1 aromatic heterocycles. The number of carbonyl (C=O) groups is 1. The summed E-state index contributed by atoms with van der Waals surface area (Å²) in [5.74, 6) is -0.905. The van der Waals surface area contributed by atoms with Gasteiger partial charge in [0.2, 0.25) is 6.17 Å². The van der Waals surface area contributed by atoms with E-state index in [1.165, 1.54) is 11.3 Å². The number of hydrogen-bond acceptors (Lipinski definition) is 4. The largest absolute Gasteiger partial charge is 0.464 e. The van der Waals surface area contributed by atoms with E-state index in [2.05, 4.69) is 20.7 Å². The molecule has 0 spiro atoms. The molecule has 0 saturated heterocycles. The molecule has 0 aliphatic carbocycles. The molecule has 0 saturated carbocycles. The van der Waals surface area contributed by atoms with E-state index in [1.807, 2.05) is 6.92 Å². The van der Waals surface area contributed by atoms with Gasteiger partial charge in [0.05, 0.1) is 16.4 Å². The van der Waals surface area contributed by atoms with Crippen molar-refractivity contribution >= 4 is 45.6 Å². The molecule has 2 N–H and O–H groups in total. The normalized spacial score (nSPS) is 13.7. The van der Waals surface area contributed by atoms with Crippen molar-refractivity contribution in [1.82, 2.24) is 0 Å². The molecule has 17 heavy (non-hydrogen) atoms. The highest BCUT2D eigenvalue weighted by molar-refractivity contribution is 9.11. The van der Waals surface area contributed by atoms with Crippen molar-refractivity contribution in [3.63, 3.8) is 0 Å². The number of thiophene rings is 1. The average Bonchev–Trinajstić information content (AvgIpc) is 2.57. The molecule has 0 bridgehead atoms. The van der Waals surface area contributed by atoms with Crippen LogP contribution in [0.4, 0.5) is 4.39 Å². The summed E-state index contributed by atoms with van der Waals surface area (Å²) < 4.78 is 19.1. The molecule has 0 fully saturated rings. The van der Waals surface area contributed by atoms with Gasteiger partial charge in [-0.1, -0.05) is 0 Å². The molecule has 7 heteroatoms. The van der Waals surface area contributed by atoms with Crippen LogP contribution in [0.2, 0.25) is 0 Å². The predicted octanol–water partition coefficient (Wildman–Crippen LogP) is 3.14. The van der Waals surface area contributed by atoms with Crippen molar-refractivity contribution in [3.05, 3.63) is 20.3 Å². The van der Waals surface area contributed by atoms with Crippen LogP contribution < -0.4 is 5.73 Å². The maximum atomic E-state index is 13.6. The summed E-state index contributed by atoms with van der Waals surface area (Å²) in [5.41, 5.74) is 6.64. The zero-order chi connectivity index (χ0) is 12.3. The Kier molecular flexibility index (Phi) is 7.23. The van der Waals surface area contributed by atoms with E-state index in [4.69, 9.17) is 5.73 Å². The first kappa shape index (κ1) is 16.8. The van der Waals surface area contributed by atoms with Gasteiger partial charge in [-0.15, -0.1) is 23.7 Å². The summed E-state index contributed by atoms with van der Waals surface area (Å²) in [5, 5.41) is 0. The standard InChI is InChI=1S/C10H13BrFNO2S.ClH/c1-3-15-10(14)7(12)8(13)6-4-5(2)9(11)16-6;/h4,7-8H,3,13H2,1-2H3;1H/t7?,8-;/m0./s1. The lowest BCUT2D eigenvalue weighted by atomic mass is 10.1. The quantitative estimate of drug-likeness (QED) is 0.852. The smallest absolute Gasteiger partial charge is 0.342 e. The highest BCUT2D eigenvalue weighted by Crippen LogP contribution is 2.32. The van der Waals surface area contributed by atoms with Crippen LogP contribution in [0.15, 0.2) is 9.85 Å². The lowest BCUT2D eigenvalue weighted by Gasteiger charge is -2.13. The van der Waals surface area contributed by atoms with Crippen molar-refractivity contribution < 1.29 is 13.9 Å². The predicted molar refractivity (Wildman–Crippen MR) is 72.5 cm³/mol. The third-order valence-electron chi connectivity index (χ3n) is 2.03. The highest BCUT2D eigenvalue weighted by atomic mass is 79.9. The Hall–Kier alpha value is -0.170. The summed E-state index contributed by atoms with van der Waals surface area (Å²) in [6.07, 6.45) is -1.81. The Balaban J connectivity index is 0.00000256. The van der Waals surface area contributed by atoms with Gasteiger partial charge in [-0.3, -0.25) is 0 Å². The van der Waals surface area contributed by atoms with Crippen LogP contribution in [0.3, 0.4) is 0 Å². The zero-order valence-corrected chi connectivity index (χ0v) is 12.6. The van der Waals surface area contributed by atoms with E-state index in [0.29, 0.717) is 4.88 Å². The van der Waals surface area contributed by atoms with Gasteiger partial charge in [0.25, 0.3) is 0 Å². The lowest BCUT2D eigenvalue weighted by Crippen LogP contribution is -2.30. The van der Waals surface area contributed by atoms with Crippen molar-refractivity contribution in [2.24, 2.45) is 5.73 Å². The van der Waals surface area contributed by atoms with Gasteiger partial charge >= 0.3 is 5.97 Å². The summed E-state index contributed by atoms with van der Waals surface area (Å²) >= 11 is 4.66.